The first-order chi connectivity index (χ1) is 13.1. The summed E-state index contributed by atoms with van der Waals surface area (Å²) in [6, 6.07) is 8.28. The molecule has 2 heterocycles. The first kappa shape index (κ1) is 22.9. The fraction of sp³-hybridized carbons (Fsp3) is 0.526. The predicted molar refractivity (Wildman–Crippen MR) is 126 cm³/mol. The van der Waals surface area contributed by atoms with Gasteiger partial charge in [0.05, 0.1) is 0 Å². The van der Waals surface area contributed by atoms with E-state index in [1.807, 2.05) is 23.7 Å². The fourth-order valence-corrected chi connectivity index (χ4v) is 3.61. The number of halogens is 2. The van der Waals surface area contributed by atoms with Crippen LogP contribution in [0.15, 0.2) is 38.5 Å². The molecular formula is C19H28BrIN6O. The lowest BCUT2D eigenvalue weighted by Crippen LogP contribution is -2.39. The minimum Gasteiger partial charge on any atom is -0.356 e. The van der Waals surface area contributed by atoms with Crippen LogP contribution in [0, 0.1) is 0 Å². The van der Waals surface area contributed by atoms with Crippen LogP contribution in [0.2, 0.25) is 0 Å². The molecule has 1 aliphatic heterocycles. The van der Waals surface area contributed by atoms with Gasteiger partial charge in [-0.15, -0.1) is 24.0 Å². The third kappa shape index (κ3) is 5.82. The van der Waals surface area contributed by atoms with Crippen molar-refractivity contribution in [1.82, 2.24) is 24.6 Å². The molecule has 0 fully saturated rings. The van der Waals surface area contributed by atoms with Crippen molar-refractivity contribution in [2.24, 2.45) is 4.99 Å². The molecule has 0 amide bonds. The number of aromatic nitrogens is 3. The zero-order chi connectivity index (χ0) is 19.2. The molecule has 0 spiro atoms. The normalized spacial score (nSPS) is 13.6. The summed E-state index contributed by atoms with van der Waals surface area (Å²) in [6.07, 6.45) is 3.93. The number of benzene rings is 1. The molecule has 0 saturated heterocycles. The van der Waals surface area contributed by atoms with Crippen LogP contribution in [-0.4, -0.2) is 45.8 Å². The second kappa shape index (κ2) is 11.0. The highest BCUT2D eigenvalue weighted by Gasteiger charge is 2.16. The van der Waals surface area contributed by atoms with E-state index < -0.39 is 0 Å². The summed E-state index contributed by atoms with van der Waals surface area (Å²) < 4.78 is 4.51. The van der Waals surface area contributed by atoms with Crippen LogP contribution in [0.5, 0.6) is 0 Å². The lowest BCUT2D eigenvalue weighted by Gasteiger charge is -2.22. The van der Waals surface area contributed by atoms with Gasteiger partial charge in [0, 0.05) is 51.2 Å². The highest BCUT2D eigenvalue weighted by molar-refractivity contribution is 14.0. The minimum absolute atomic E-state index is 0. The maximum absolute atomic E-state index is 12.3. The lowest BCUT2D eigenvalue weighted by molar-refractivity contribution is 0.469. The van der Waals surface area contributed by atoms with Gasteiger partial charge >= 0.3 is 5.69 Å². The Hall–Kier alpha value is -1.36. The van der Waals surface area contributed by atoms with Crippen LogP contribution in [0.4, 0.5) is 0 Å². The number of aliphatic imine (C=N–C) groups is 1. The van der Waals surface area contributed by atoms with E-state index in [1.54, 1.807) is 11.7 Å². The smallest absolute Gasteiger partial charge is 0.345 e. The quantitative estimate of drug-likeness (QED) is 0.254. The Morgan fingerprint density at radius 3 is 2.75 bits per heavy atom. The van der Waals surface area contributed by atoms with Gasteiger partial charge in [0.25, 0.3) is 0 Å². The number of aryl methyl sites for hydroxylation is 2. The average molecular weight is 563 g/mol. The van der Waals surface area contributed by atoms with Crippen molar-refractivity contribution < 1.29 is 0 Å². The molecule has 9 heteroatoms. The van der Waals surface area contributed by atoms with E-state index in [0.717, 1.165) is 61.6 Å². The molecule has 1 aromatic heterocycles. The van der Waals surface area contributed by atoms with E-state index in [4.69, 9.17) is 0 Å². The third-order valence-electron chi connectivity index (χ3n) is 4.77. The Labute approximate surface area is 191 Å². The van der Waals surface area contributed by atoms with Crippen LogP contribution >= 0.6 is 39.9 Å². The molecule has 28 heavy (non-hydrogen) atoms. The fourth-order valence-electron chi connectivity index (χ4n) is 3.35. The standard InChI is InChI=1S/C19H27BrN6O.HI/c1-21-18(24(2)14-15-7-9-16(20)10-8-15)22-11-5-13-26-19(27)25-12-4-3-6-17(25)23-26;/h7-10H,3-6,11-14H2,1-2H3,(H,21,22);1H. The summed E-state index contributed by atoms with van der Waals surface area (Å²) in [6.45, 7) is 2.95. The number of hydrogen-bond donors (Lipinski definition) is 1. The number of hydrogen-bond acceptors (Lipinski definition) is 3. The molecule has 0 unspecified atom stereocenters. The Kier molecular flexibility index (Phi) is 9.00. The van der Waals surface area contributed by atoms with Crippen LogP contribution < -0.4 is 11.0 Å². The largest absolute Gasteiger partial charge is 0.356 e. The lowest BCUT2D eigenvalue weighted by atomic mass is 10.2. The Bertz CT molecular complexity index is 845. The monoisotopic (exact) mass is 562 g/mol. The maximum Gasteiger partial charge on any atom is 0.345 e. The first-order valence-electron chi connectivity index (χ1n) is 9.41. The Balaban J connectivity index is 0.00000280. The van der Waals surface area contributed by atoms with Crippen molar-refractivity contribution in [3.63, 3.8) is 0 Å². The number of nitrogens with one attached hydrogen (secondary N) is 1. The van der Waals surface area contributed by atoms with Gasteiger partial charge in [-0.05, 0) is 37.0 Å². The molecule has 0 saturated carbocycles. The summed E-state index contributed by atoms with van der Waals surface area (Å²) in [5.41, 5.74) is 1.25. The molecule has 2 aromatic rings. The number of fused-ring (bicyclic) bond motifs is 1. The SMILES string of the molecule is CN=C(NCCCn1nc2n(c1=O)CCCC2)N(C)Cc1ccc(Br)cc1.I. The van der Waals surface area contributed by atoms with E-state index in [9.17, 15) is 4.79 Å². The van der Waals surface area contributed by atoms with Gasteiger partial charge in [0.1, 0.15) is 5.82 Å². The van der Waals surface area contributed by atoms with Gasteiger partial charge in [0.2, 0.25) is 0 Å². The molecular weight excluding hydrogens is 535 g/mol. The van der Waals surface area contributed by atoms with Gasteiger partial charge < -0.3 is 10.2 Å². The molecule has 0 radical (unpaired) electrons. The topological polar surface area (TPSA) is 67.5 Å². The van der Waals surface area contributed by atoms with Crippen molar-refractivity contribution in [2.75, 3.05) is 20.6 Å². The van der Waals surface area contributed by atoms with Crippen LogP contribution in [0.25, 0.3) is 0 Å². The molecule has 3 rings (SSSR count). The number of rotatable bonds is 6. The van der Waals surface area contributed by atoms with Gasteiger partial charge in [-0.1, -0.05) is 28.1 Å². The summed E-state index contributed by atoms with van der Waals surface area (Å²) in [4.78, 5) is 18.8. The summed E-state index contributed by atoms with van der Waals surface area (Å²) in [5, 5.41) is 7.85. The van der Waals surface area contributed by atoms with Gasteiger partial charge in [0.15, 0.2) is 5.96 Å². The molecule has 0 bridgehead atoms. The third-order valence-corrected chi connectivity index (χ3v) is 5.30. The summed E-state index contributed by atoms with van der Waals surface area (Å²) in [5.74, 6) is 1.78. The first-order valence-corrected chi connectivity index (χ1v) is 10.2. The zero-order valence-corrected chi connectivity index (χ0v) is 20.3. The Morgan fingerprint density at radius 1 is 1.32 bits per heavy atom. The van der Waals surface area contributed by atoms with Crippen molar-refractivity contribution in [2.45, 2.75) is 45.3 Å². The molecule has 0 atom stereocenters. The molecule has 1 N–H and O–H groups in total. The number of guanidine groups is 1. The van der Waals surface area contributed by atoms with E-state index >= 15 is 0 Å². The van der Waals surface area contributed by atoms with Crippen LogP contribution in [0.3, 0.4) is 0 Å². The van der Waals surface area contributed by atoms with Crippen LogP contribution in [0.1, 0.15) is 30.7 Å². The van der Waals surface area contributed by atoms with Crippen molar-refractivity contribution in [1.29, 1.82) is 0 Å². The highest BCUT2D eigenvalue weighted by atomic mass is 127. The second-order valence-electron chi connectivity index (χ2n) is 6.84. The minimum atomic E-state index is 0. The summed E-state index contributed by atoms with van der Waals surface area (Å²) in [7, 11) is 3.81. The van der Waals surface area contributed by atoms with Gasteiger partial charge in [-0.3, -0.25) is 9.56 Å². The second-order valence-corrected chi connectivity index (χ2v) is 7.76. The highest BCUT2D eigenvalue weighted by Crippen LogP contribution is 2.12. The van der Waals surface area contributed by atoms with Gasteiger partial charge in [-0.2, -0.15) is 5.10 Å². The van der Waals surface area contributed by atoms with Crippen molar-refractivity contribution in [3.05, 3.63) is 50.6 Å². The maximum atomic E-state index is 12.3. The molecule has 1 aliphatic rings. The van der Waals surface area contributed by atoms with Gasteiger partial charge in [-0.25, -0.2) is 9.48 Å². The Morgan fingerprint density at radius 2 is 2.07 bits per heavy atom. The summed E-state index contributed by atoms with van der Waals surface area (Å²) >= 11 is 3.46. The molecule has 1 aromatic carbocycles. The zero-order valence-electron chi connectivity index (χ0n) is 16.4. The number of nitrogens with zero attached hydrogens (tertiary/aromatic N) is 5. The van der Waals surface area contributed by atoms with E-state index in [-0.39, 0.29) is 29.7 Å². The average Bonchev–Trinajstić information content (AvgIpc) is 3.00. The predicted octanol–water partition coefficient (Wildman–Crippen LogP) is 2.86. The van der Waals surface area contributed by atoms with E-state index in [1.165, 1.54) is 5.56 Å². The van der Waals surface area contributed by atoms with Crippen molar-refractivity contribution >= 4 is 45.9 Å². The molecule has 0 aliphatic carbocycles. The van der Waals surface area contributed by atoms with Crippen LogP contribution in [-0.2, 0) is 26.1 Å². The van der Waals surface area contributed by atoms with Crippen molar-refractivity contribution in [3.8, 4) is 0 Å². The molecule has 7 nitrogen and oxygen atoms in total. The van der Waals surface area contributed by atoms with E-state index in [0.29, 0.717) is 6.54 Å². The van der Waals surface area contributed by atoms with E-state index in [2.05, 4.69) is 48.4 Å². The molecule has 154 valence electrons.